The molecule has 10 heteroatoms. The van der Waals surface area contributed by atoms with Gasteiger partial charge >= 0.3 is 6.18 Å². The van der Waals surface area contributed by atoms with Crippen LogP contribution in [-0.2, 0) is 17.0 Å². The van der Waals surface area contributed by atoms with Gasteiger partial charge in [-0.05, 0) is 35.9 Å². The molecule has 0 saturated carbocycles. The summed E-state index contributed by atoms with van der Waals surface area (Å²) in [7, 11) is 0. The number of alkyl halides is 3. The van der Waals surface area contributed by atoms with E-state index in [9.17, 15) is 13.2 Å². The molecule has 27 heavy (non-hydrogen) atoms. The molecule has 3 rings (SSSR count). The highest BCUT2D eigenvalue weighted by molar-refractivity contribution is 6.48. The van der Waals surface area contributed by atoms with Crippen LogP contribution < -0.4 is 11.2 Å². The molecule has 0 aromatic heterocycles. The molecule has 0 spiro atoms. The highest BCUT2D eigenvalue weighted by Gasteiger charge is 2.59. The molecule has 1 unspecified atom stereocenters. The third kappa shape index (κ3) is 3.62. The first-order chi connectivity index (χ1) is 12.6. The zero-order valence-corrected chi connectivity index (χ0v) is 16.3. The van der Waals surface area contributed by atoms with Crippen molar-refractivity contribution < 1.29 is 18.0 Å². The Balaban J connectivity index is 2.16. The Kier molecular flexibility index (Phi) is 5.60. The Hall–Kier alpha value is -1.15. The summed E-state index contributed by atoms with van der Waals surface area (Å²) in [6.07, 6.45) is -3.90. The summed E-state index contributed by atoms with van der Waals surface area (Å²) in [5, 5.41) is 0.134. The monoisotopic (exact) mass is 456 g/mol. The number of rotatable bonds is 3. The van der Waals surface area contributed by atoms with Crippen LogP contribution in [0.5, 0.6) is 0 Å². The SMILES string of the molecule is NCc1cc(C2=CC(c3cc(Cl)c(Cl)c(Cl)c3)(C(F)(F)F)ON2)ccc1Cl. The lowest BCUT2D eigenvalue weighted by atomic mass is 9.91. The summed E-state index contributed by atoms with van der Waals surface area (Å²) in [6.45, 7) is 0.133. The Morgan fingerprint density at radius 1 is 1.00 bits per heavy atom. The van der Waals surface area contributed by atoms with Gasteiger partial charge < -0.3 is 5.73 Å². The molecule has 0 radical (unpaired) electrons. The van der Waals surface area contributed by atoms with Gasteiger partial charge in [-0.1, -0.05) is 52.5 Å². The summed E-state index contributed by atoms with van der Waals surface area (Å²) in [5.41, 5.74) is 5.92. The van der Waals surface area contributed by atoms with Crippen LogP contribution in [-0.4, -0.2) is 6.18 Å². The second kappa shape index (κ2) is 7.35. The lowest BCUT2D eigenvalue weighted by Gasteiger charge is -2.29. The van der Waals surface area contributed by atoms with Crippen molar-refractivity contribution in [2.24, 2.45) is 5.73 Å². The van der Waals surface area contributed by atoms with E-state index >= 15 is 0 Å². The molecule has 0 amide bonds. The molecular formula is C17H11Cl4F3N2O. The lowest BCUT2D eigenvalue weighted by molar-refractivity contribution is -0.269. The van der Waals surface area contributed by atoms with E-state index in [4.69, 9.17) is 57.0 Å². The molecule has 1 aliphatic rings. The summed E-state index contributed by atoms with van der Waals surface area (Å²) in [6, 6.07) is 6.82. The highest BCUT2D eigenvalue weighted by atomic mass is 35.5. The van der Waals surface area contributed by atoms with Gasteiger partial charge in [0.25, 0.3) is 0 Å². The van der Waals surface area contributed by atoms with Gasteiger partial charge in [0.15, 0.2) is 0 Å². The number of benzene rings is 2. The van der Waals surface area contributed by atoms with Gasteiger partial charge in [-0.15, -0.1) is 0 Å². The minimum atomic E-state index is -4.81. The number of nitrogens with one attached hydrogen (secondary N) is 1. The molecule has 0 fully saturated rings. The molecule has 0 saturated heterocycles. The molecule has 2 aromatic carbocycles. The van der Waals surface area contributed by atoms with Crippen LogP contribution in [0.25, 0.3) is 5.70 Å². The molecule has 1 atom stereocenters. The number of nitrogens with two attached hydrogens (primary N) is 1. The van der Waals surface area contributed by atoms with Crippen LogP contribution >= 0.6 is 46.4 Å². The molecule has 1 aliphatic heterocycles. The molecule has 2 aromatic rings. The lowest BCUT2D eigenvalue weighted by Crippen LogP contribution is -2.42. The van der Waals surface area contributed by atoms with Crippen molar-refractivity contribution in [3.05, 3.63) is 73.2 Å². The van der Waals surface area contributed by atoms with Crippen molar-refractivity contribution >= 4 is 52.1 Å². The first-order valence-corrected chi connectivity index (χ1v) is 8.97. The molecule has 3 N–H and O–H groups in total. The molecule has 0 aliphatic carbocycles. The molecule has 144 valence electrons. The summed E-state index contributed by atoms with van der Waals surface area (Å²) in [5.74, 6) is 0. The van der Waals surface area contributed by atoms with E-state index in [0.29, 0.717) is 16.1 Å². The first kappa shape index (κ1) is 20.6. The van der Waals surface area contributed by atoms with E-state index in [-0.39, 0.29) is 32.9 Å². The Bertz CT molecular complexity index is 910. The zero-order chi connectivity index (χ0) is 20.0. The van der Waals surface area contributed by atoms with Crippen molar-refractivity contribution in [3.8, 4) is 0 Å². The van der Waals surface area contributed by atoms with Crippen LogP contribution in [0, 0.1) is 0 Å². The molecule has 3 nitrogen and oxygen atoms in total. The highest BCUT2D eigenvalue weighted by Crippen LogP contribution is 2.49. The fourth-order valence-electron chi connectivity index (χ4n) is 2.65. The van der Waals surface area contributed by atoms with E-state index in [1.165, 1.54) is 0 Å². The predicted octanol–water partition coefficient (Wildman–Crippen LogP) is 6.09. The van der Waals surface area contributed by atoms with E-state index in [2.05, 4.69) is 5.48 Å². The van der Waals surface area contributed by atoms with Gasteiger partial charge in [0.1, 0.15) is 0 Å². The number of hydrogen-bond donors (Lipinski definition) is 2. The van der Waals surface area contributed by atoms with Gasteiger partial charge in [0.05, 0.1) is 20.8 Å². The van der Waals surface area contributed by atoms with E-state index in [1.54, 1.807) is 18.2 Å². The molecule has 0 bridgehead atoms. The average Bonchev–Trinajstić information content (AvgIpc) is 3.06. The number of halogens is 7. The number of hydroxylamine groups is 1. The van der Waals surface area contributed by atoms with Crippen molar-refractivity contribution in [2.75, 3.05) is 0 Å². The molecular weight excluding hydrogens is 447 g/mol. The zero-order valence-electron chi connectivity index (χ0n) is 13.3. The van der Waals surface area contributed by atoms with Crippen molar-refractivity contribution in [3.63, 3.8) is 0 Å². The smallest absolute Gasteiger partial charge is 0.326 e. The summed E-state index contributed by atoms with van der Waals surface area (Å²) < 4.78 is 42.0. The minimum absolute atomic E-state index is 0.0418. The largest absolute Gasteiger partial charge is 0.428 e. The van der Waals surface area contributed by atoms with Gasteiger partial charge in [-0.3, -0.25) is 10.3 Å². The Morgan fingerprint density at radius 2 is 1.63 bits per heavy atom. The summed E-state index contributed by atoms with van der Waals surface area (Å²) >= 11 is 23.7. The fraction of sp³-hybridized carbons (Fsp3) is 0.176. The van der Waals surface area contributed by atoms with Crippen LogP contribution in [0.3, 0.4) is 0 Å². The second-order valence-corrected chi connectivity index (χ2v) is 7.36. The van der Waals surface area contributed by atoms with Gasteiger partial charge in [0, 0.05) is 22.7 Å². The van der Waals surface area contributed by atoms with E-state index < -0.39 is 11.8 Å². The second-order valence-electron chi connectivity index (χ2n) is 5.76. The normalized spacial score (nSPS) is 19.8. The van der Waals surface area contributed by atoms with Gasteiger partial charge in [0.2, 0.25) is 5.60 Å². The summed E-state index contributed by atoms with van der Waals surface area (Å²) in [4.78, 5) is 5.02. The van der Waals surface area contributed by atoms with Crippen LogP contribution in [0.15, 0.2) is 36.4 Å². The quantitative estimate of drug-likeness (QED) is 0.548. The van der Waals surface area contributed by atoms with Crippen LogP contribution in [0.2, 0.25) is 20.1 Å². The van der Waals surface area contributed by atoms with Crippen LogP contribution in [0.4, 0.5) is 13.2 Å². The van der Waals surface area contributed by atoms with Crippen molar-refractivity contribution in [1.29, 1.82) is 0 Å². The average molecular weight is 458 g/mol. The van der Waals surface area contributed by atoms with E-state index in [1.807, 2.05) is 0 Å². The van der Waals surface area contributed by atoms with Crippen LogP contribution in [0.1, 0.15) is 16.7 Å². The standard InChI is InChI=1S/C17H11Cl4F3N2O/c18-11-2-1-8(3-9(11)7-25)14-6-16(27-26-14,17(22,23)24)10-4-12(19)15(21)13(20)5-10/h1-6,26H,7,25H2. The number of hydrogen-bond acceptors (Lipinski definition) is 3. The van der Waals surface area contributed by atoms with Crippen molar-refractivity contribution in [2.45, 2.75) is 18.3 Å². The maximum absolute atomic E-state index is 14.0. The maximum Gasteiger partial charge on any atom is 0.428 e. The fourth-order valence-corrected chi connectivity index (χ4v) is 3.45. The van der Waals surface area contributed by atoms with Crippen molar-refractivity contribution in [1.82, 2.24) is 5.48 Å². The maximum atomic E-state index is 14.0. The predicted molar refractivity (Wildman–Crippen MR) is 101 cm³/mol. The topological polar surface area (TPSA) is 47.3 Å². The van der Waals surface area contributed by atoms with Gasteiger partial charge in [-0.2, -0.15) is 13.2 Å². The third-order valence-electron chi connectivity index (χ3n) is 4.08. The first-order valence-electron chi connectivity index (χ1n) is 7.46. The minimum Gasteiger partial charge on any atom is -0.326 e. The Morgan fingerprint density at radius 3 is 2.19 bits per heavy atom. The van der Waals surface area contributed by atoms with E-state index in [0.717, 1.165) is 18.2 Å². The van der Waals surface area contributed by atoms with Gasteiger partial charge in [-0.25, -0.2) is 0 Å². The third-order valence-corrected chi connectivity index (χ3v) is 5.65. The molecule has 1 heterocycles. The Labute approximate surface area is 172 Å².